The van der Waals surface area contributed by atoms with E-state index in [0.717, 1.165) is 16.9 Å². The number of benzene rings is 2. The van der Waals surface area contributed by atoms with Crippen LogP contribution in [0.1, 0.15) is 27.9 Å². The number of amides is 2. The lowest BCUT2D eigenvalue weighted by Crippen LogP contribution is -2.47. The molecule has 0 bridgehead atoms. The smallest absolute Gasteiger partial charge is 0.251 e. The summed E-state index contributed by atoms with van der Waals surface area (Å²) in [6, 6.07) is 14.2. The molecule has 0 saturated heterocycles. The van der Waals surface area contributed by atoms with Gasteiger partial charge < -0.3 is 10.2 Å². The van der Waals surface area contributed by atoms with Gasteiger partial charge in [-0.3, -0.25) is 9.59 Å². The maximum atomic E-state index is 12.9. The molecule has 0 heterocycles. The van der Waals surface area contributed by atoms with E-state index in [0.29, 0.717) is 23.6 Å². The van der Waals surface area contributed by atoms with E-state index in [9.17, 15) is 9.59 Å². The molecular weight excluding hydrogens is 380 g/mol. The number of aryl methyl sites for hydroxylation is 1. The molecule has 0 radical (unpaired) electrons. The highest BCUT2D eigenvalue weighted by Gasteiger charge is 2.24. The van der Waals surface area contributed by atoms with Gasteiger partial charge in [0.15, 0.2) is 0 Å². The molecule has 27 heavy (non-hydrogen) atoms. The molecule has 0 fully saturated rings. The summed E-state index contributed by atoms with van der Waals surface area (Å²) in [5.41, 5.74) is 2.52. The van der Waals surface area contributed by atoms with E-state index in [1.165, 1.54) is 0 Å². The summed E-state index contributed by atoms with van der Waals surface area (Å²) >= 11 is 7.68. The Kier molecular flexibility index (Phi) is 8.20. The number of halogens is 1. The Morgan fingerprint density at radius 3 is 2.59 bits per heavy atom. The lowest BCUT2D eigenvalue weighted by molar-refractivity contribution is -0.132. The molecule has 4 nitrogen and oxygen atoms in total. The van der Waals surface area contributed by atoms with Crippen LogP contribution in [0.2, 0.25) is 5.02 Å². The summed E-state index contributed by atoms with van der Waals surface area (Å²) in [7, 11) is 1.74. The van der Waals surface area contributed by atoms with Gasteiger partial charge in [-0.05, 0) is 55.2 Å². The fraction of sp³-hybridized carbons (Fsp3) is 0.333. The molecule has 6 heteroatoms. The minimum absolute atomic E-state index is 0.106. The molecule has 2 aromatic rings. The predicted molar refractivity (Wildman–Crippen MR) is 113 cm³/mol. The molecule has 0 aliphatic heterocycles. The van der Waals surface area contributed by atoms with E-state index in [1.54, 1.807) is 35.8 Å². The third kappa shape index (κ3) is 6.60. The number of carbonyl (C=O) groups is 2. The quantitative estimate of drug-likeness (QED) is 0.718. The molecular formula is C21H25ClN2O2S. The molecule has 0 saturated carbocycles. The zero-order valence-corrected chi connectivity index (χ0v) is 17.4. The molecule has 2 aromatic carbocycles. The zero-order valence-electron chi connectivity index (χ0n) is 15.9. The molecule has 0 aliphatic rings. The highest BCUT2D eigenvalue weighted by Crippen LogP contribution is 2.14. The van der Waals surface area contributed by atoms with Gasteiger partial charge in [-0.25, -0.2) is 0 Å². The second kappa shape index (κ2) is 10.4. The number of carbonyl (C=O) groups excluding carboxylic acids is 2. The number of hydrogen-bond donors (Lipinski definition) is 1. The monoisotopic (exact) mass is 404 g/mol. The molecule has 144 valence electrons. The lowest BCUT2D eigenvalue weighted by Gasteiger charge is -2.25. The largest absolute Gasteiger partial charge is 0.340 e. The van der Waals surface area contributed by atoms with Gasteiger partial charge in [0.1, 0.15) is 6.04 Å². The second-order valence-corrected chi connectivity index (χ2v) is 7.92. The van der Waals surface area contributed by atoms with Crippen LogP contribution in [0.4, 0.5) is 0 Å². The first-order valence-corrected chi connectivity index (χ1v) is 10.5. The first-order chi connectivity index (χ1) is 12.9. The van der Waals surface area contributed by atoms with Crippen molar-refractivity contribution in [2.75, 3.05) is 19.1 Å². The topological polar surface area (TPSA) is 49.4 Å². The number of nitrogens with zero attached hydrogens (tertiary/aromatic N) is 1. The first kappa shape index (κ1) is 21.3. The summed E-state index contributed by atoms with van der Waals surface area (Å²) < 4.78 is 0. The molecule has 1 atom stereocenters. The molecule has 0 spiro atoms. The Hall–Kier alpha value is -1.98. The Balaban J connectivity index is 2.09. The van der Waals surface area contributed by atoms with Crippen LogP contribution >= 0.6 is 23.4 Å². The van der Waals surface area contributed by atoms with Crippen molar-refractivity contribution < 1.29 is 9.59 Å². The van der Waals surface area contributed by atoms with E-state index in [-0.39, 0.29) is 11.8 Å². The maximum absolute atomic E-state index is 12.9. The number of likely N-dealkylation sites (N-methyl/N-ethyl adjacent to an activating group) is 1. The number of nitrogens with one attached hydrogen (secondary N) is 1. The van der Waals surface area contributed by atoms with Gasteiger partial charge in [0, 0.05) is 24.2 Å². The fourth-order valence-electron chi connectivity index (χ4n) is 2.77. The van der Waals surface area contributed by atoms with Crippen LogP contribution in [-0.2, 0) is 11.3 Å². The Morgan fingerprint density at radius 2 is 1.93 bits per heavy atom. The Morgan fingerprint density at radius 1 is 1.19 bits per heavy atom. The predicted octanol–water partition coefficient (Wildman–Crippen LogP) is 4.16. The van der Waals surface area contributed by atoms with Crippen LogP contribution in [0.5, 0.6) is 0 Å². The summed E-state index contributed by atoms with van der Waals surface area (Å²) in [6.07, 6.45) is 2.57. The van der Waals surface area contributed by atoms with Gasteiger partial charge in [-0.2, -0.15) is 11.8 Å². The lowest BCUT2D eigenvalue weighted by atomic mass is 10.1. The van der Waals surface area contributed by atoms with Crippen LogP contribution in [0.25, 0.3) is 0 Å². The molecule has 2 amide bonds. The van der Waals surface area contributed by atoms with Gasteiger partial charge in [-0.1, -0.05) is 41.4 Å². The van der Waals surface area contributed by atoms with Crippen LogP contribution in [0.15, 0.2) is 48.5 Å². The summed E-state index contributed by atoms with van der Waals surface area (Å²) in [5.74, 6) is 0.453. The normalized spacial score (nSPS) is 11.7. The van der Waals surface area contributed by atoms with Crippen molar-refractivity contribution in [2.45, 2.75) is 25.9 Å². The average Bonchev–Trinajstić information content (AvgIpc) is 2.64. The van der Waals surface area contributed by atoms with Gasteiger partial charge in [-0.15, -0.1) is 0 Å². The Bertz CT molecular complexity index is 797. The van der Waals surface area contributed by atoms with E-state index in [2.05, 4.69) is 5.32 Å². The van der Waals surface area contributed by atoms with E-state index >= 15 is 0 Å². The fourth-order valence-corrected chi connectivity index (χ4v) is 3.46. The average molecular weight is 405 g/mol. The Labute approximate surface area is 170 Å². The number of hydrogen-bond acceptors (Lipinski definition) is 3. The van der Waals surface area contributed by atoms with Crippen LogP contribution in [-0.4, -0.2) is 41.8 Å². The molecule has 0 aliphatic carbocycles. The van der Waals surface area contributed by atoms with Crippen molar-refractivity contribution in [1.29, 1.82) is 0 Å². The number of rotatable bonds is 8. The van der Waals surface area contributed by atoms with Crippen molar-refractivity contribution in [3.05, 3.63) is 70.2 Å². The summed E-state index contributed by atoms with van der Waals surface area (Å²) in [6.45, 7) is 2.38. The van der Waals surface area contributed by atoms with Crippen molar-refractivity contribution in [3.63, 3.8) is 0 Å². The van der Waals surface area contributed by atoms with Crippen molar-refractivity contribution in [2.24, 2.45) is 0 Å². The number of thioether (sulfide) groups is 1. The molecule has 1 N–H and O–H groups in total. The highest BCUT2D eigenvalue weighted by molar-refractivity contribution is 7.98. The zero-order chi connectivity index (χ0) is 19.8. The van der Waals surface area contributed by atoms with Gasteiger partial charge in [0.05, 0.1) is 0 Å². The first-order valence-electron chi connectivity index (χ1n) is 8.76. The van der Waals surface area contributed by atoms with Gasteiger partial charge in [0.2, 0.25) is 5.91 Å². The molecule has 2 rings (SSSR count). The maximum Gasteiger partial charge on any atom is 0.251 e. The van der Waals surface area contributed by atoms with E-state index < -0.39 is 6.04 Å². The third-order valence-corrected chi connectivity index (χ3v) is 5.06. The van der Waals surface area contributed by atoms with Crippen LogP contribution in [0, 0.1) is 6.92 Å². The van der Waals surface area contributed by atoms with Crippen molar-refractivity contribution in [3.8, 4) is 0 Å². The minimum Gasteiger partial charge on any atom is -0.340 e. The van der Waals surface area contributed by atoms with Crippen LogP contribution < -0.4 is 5.32 Å². The molecule has 0 aromatic heterocycles. The van der Waals surface area contributed by atoms with Crippen molar-refractivity contribution >= 4 is 35.2 Å². The third-order valence-electron chi connectivity index (χ3n) is 4.18. The van der Waals surface area contributed by atoms with E-state index in [4.69, 9.17) is 11.6 Å². The summed E-state index contributed by atoms with van der Waals surface area (Å²) in [5, 5.41) is 3.54. The standard InChI is InChI=1S/C21H25ClN2O2S/c1-15-6-4-8-17(12-15)20(25)23-19(10-11-27-3)21(26)24(2)14-16-7-5-9-18(22)13-16/h4-9,12-13,19H,10-11,14H2,1-3H3,(H,23,25). The van der Waals surface area contributed by atoms with Crippen LogP contribution in [0.3, 0.4) is 0 Å². The minimum atomic E-state index is -0.561. The van der Waals surface area contributed by atoms with E-state index in [1.807, 2.05) is 49.6 Å². The second-order valence-electron chi connectivity index (χ2n) is 6.50. The highest BCUT2D eigenvalue weighted by atomic mass is 35.5. The SMILES string of the molecule is CSCCC(NC(=O)c1cccc(C)c1)C(=O)N(C)Cc1cccc(Cl)c1. The van der Waals surface area contributed by atoms with Gasteiger partial charge in [0.25, 0.3) is 5.91 Å². The molecule has 1 unspecified atom stereocenters. The summed E-state index contributed by atoms with van der Waals surface area (Å²) in [4.78, 5) is 27.2. The van der Waals surface area contributed by atoms with Crippen molar-refractivity contribution in [1.82, 2.24) is 10.2 Å². The van der Waals surface area contributed by atoms with Gasteiger partial charge >= 0.3 is 0 Å².